The highest BCUT2D eigenvalue weighted by molar-refractivity contribution is 6.33. The van der Waals surface area contributed by atoms with Crippen molar-refractivity contribution in [3.63, 3.8) is 0 Å². The summed E-state index contributed by atoms with van der Waals surface area (Å²) in [5.41, 5.74) is 3.91. The molecule has 1 aromatic heterocycles. The van der Waals surface area contributed by atoms with E-state index in [1.54, 1.807) is 6.07 Å². The van der Waals surface area contributed by atoms with Crippen molar-refractivity contribution in [1.82, 2.24) is 9.97 Å². The number of nitrogens with zero attached hydrogens (tertiary/aromatic N) is 2. The molecule has 0 saturated carbocycles. The van der Waals surface area contributed by atoms with Gasteiger partial charge in [-0.25, -0.2) is 20.2 Å². The largest absolute Gasteiger partial charge is 0.339 e. The minimum absolute atomic E-state index is 0.280. The monoisotopic (exact) mass is 281 g/mol. The Bertz CT molecular complexity index is 590. The van der Waals surface area contributed by atoms with Crippen LogP contribution >= 0.6 is 11.6 Å². The molecule has 1 aromatic carbocycles. The summed E-state index contributed by atoms with van der Waals surface area (Å²) < 4.78 is 13.0. The Morgan fingerprint density at radius 3 is 2.68 bits per heavy atom. The molecule has 7 heteroatoms. The first-order valence-corrected chi connectivity index (χ1v) is 6.06. The van der Waals surface area contributed by atoms with Crippen LogP contribution in [0.3, 0.4) is 0 Å². The Morgan fingerprint density at radius 1 is 1.32 bits per heavy atom. The highest BCUT2D eigenvalue weighted by Gasteiger charge is 2.10. The molecule has 19 heavy (non-hydrogen) atoms. The number of hydrogen-bond donors (Lipinski definition) is 3. The van der Waals surface area contributed by atoms with Crippen molar-refractivity contribution in [2.75, 3.05) is 10.7 Å². The molecule has 2 rings (SSSR count). The molecule has 0 unspecified atom stereocenters. The summed E-state index contributed by atoms with van der Waals surface area (Å²) in [5, 5.41) is 3.33. The smallest absolute Gasteiger partial charge is 0.148 e. The average molecular weight is 282 g/mol. The second-order valence-electron chi connectivity index (χ2n) is 3.80. The molecule has 0 amide bonds. The van der Waals surface area contributed by atoms with Crippen LogP contribution in [0, 0.1) is 5.82 Å². The fourth-order valence-corrected chi connectivity index (χ4v) is 1.91. The molecular weight excluding hydrogens is 269 g/mol. The van der Waals surface area contributed by atoms with E-state index in [1.807, 2.05) is 6.92 Å². The molecule has 0 atom stereocenters. The fourth-order valence-electron chi connectivity index (χ4n) is 1.70. The van der Waals surface area contributed by atoms with Gasteiger partial charge in [-0.1, -0.05) is 18.5 Å². The first-order chi connectivity index (χ1) is 9.15. The van der Waals surface area contributed by atoms with E-state index in [4.69, 9.17) is 17.4 Å². The van der Waals surface area contributed by atoms with Gasteiger partial charge in [0, 0.05) is 5.56 Å². The van der Waals surface area contributed by atoms with Crippen molar-refractivity contribution < 1.29 is 4.39 Å². The minimum Gasteiger partial charge on any atom is -0.339 e. The first kappa shape index (κ1) is 13.5. The van der Waals surface area contributed by atoms with Gasteiger partial charge in [0.25, 0.3) is 0 Å². The molecule has 0 saturated heterocycles. The van der Waals surface area contributed by atoms with E-state index < -0.39 is 5.82 Å². The summed E-state index contributed by atoms with van der Waals surface area (Å²) in [6.07, 6.45) is 2.07. The number of nitrogens with one attached hydrogen (secondary N) is 2. The van der Waals surface area contributed by atoms with Crippen LogP contribution in [-0.4, -0.2) is 9.97 Å². The third-order valence-electron chi connectivity index (χ3n) is 2.62. The van der Waals surface area contributed by atoms with E-state index in [1.165, 1.54) is 18.5 Å². The number of hydrazine groups is 1. The van der Waals surface area contributed by atoms with Crippen LogP contribution in [-0.2, 0) is 6.42 Å². The molecule has 1 heterocycles. The van der Waals surface area contributed by atoms with Gasteiger partial charge in [0.2, 0.25) is 0 Å². The number of aromatic nitrogens is 2. The van der Waals surface area contributed by atoms with Crippen molar-refractivity contribution >= 4 is 28.9 Å². The molecule has 0 aliphatic carbocycles. The van der Waals surface area contributed by atoms with E-state index in [9.17, 15) is 4.39 Å². The molecule has 4 N–H and O–H groups in total. The molecule has 2 aromatic rings. The molecule has 5 nitrogen and oxygen atoms in total. The normalized spacial score (nSPS) is 10.3. The van der Waals surface area contributed by atoms with Gasteiger partial charge in [-0.15, -0.1) is 0 Å². The Morgan fingerprint density at radius 2 is 2.05 bits per heavy atom. The second kappa shape index (κ2) is 5.81. The highest BCUT2D eigenvalue weighted by Crippen LogP contribution is 2.28. The number of nitrogen functional groups attached to an aromatic ring is 1. The lowest BCUT2D eigenvalue weighted by molar-refractivity contribution is 0.628. The fraction of sp³-hybridized carbons (Fsp3) is 0.167. The first-order valence-electron chi connectivity index (χ1n) is 5.68. The van der Waals surface area contributed by atoms with Gasteiger partial charge < -0.3 is 10.7 Å². The summed E-state index contributed by atoms with van der Waals surface area (Å²) in [5.74, 6) is 6.13. The van der Waals surface area contributed by atoms with Crippen LogP contribution in [0.15, 0.2) is 24.5 Å². The van der Waals surface area contributed by atoms with E-state index in [0.29, 0.717) is 23.7 Å². The summed E-state index contributed by atoms with van der Waals surface area (Å²) in [4.78, 5) is 8.17. The Labute approximate surface area is 115 Å². The number of anilines is 3. The molecule has 0 fully saturated rings. The van der Waals surface area contributed by atoms with Gasteiger partial charge in [-0.05, 0) is 24.6 Å². The lowest BCUT2D eigenvalue weighted by Gasteiger charge is -2.13. The summed E-state index contributed by atoms with van der Waals surface area (Å²) in [6, 6.07) is 4.11. The quantitative estimate of drug-likeness (QED) is 0.593. The predicted octanol–water partition coefficient (Wildman–Crippen LogP) is 2.86. The lowest BCUT2D eigenvalue weighted by atomic mass is 10.2. The van der Waals surface area contributed by atoms with Gasteiger partial charge >= 0.3 is 0 Å². The number of rotatable bonds is 4. The van der Waals surface area contributed by atoms with Gasteiger partial charge in [-0.3, -0.25) is 0 Å². The third kappa shape index (κ3) is 2.91. The van der Waals surface area contributed by atoms with Gasteiger partial charge in [-0.2, -0.15) is 0 Å². The van der Waals surface area contributed by atoms with Crippen molar-refractivity contribution in [3.8, 4) is 0 Å². The number of halogens is 2. The maximum Gasteiger partial charge on any atom is 0.148 e. The third-order valence-corrected chi connectivity index (χ3v) is 2.93. The maximum absolute atomic E-state index is 13.0. The number of nitrogens with two attached hydrogens (primary N) is 1. The molecule has 0 aliphatic rings. The standard InChI is InChI=1S/C12H13ClFN5/c1-2-8-11(16-6-17-12(8)19-15)18-10-4-3-7(14)5-9(10)13/h3-6H,2,15H2,1H3,(H2,16,17,18,19). The van der Waals surface area contributed by atoms with Gasteiger partial charge in [0.15, 0.2) is 0 Å². The van der Waals surface area contributed by atoms with Crippen molar-refractivity contribution in [2.45, 2.75) is 13.3 Å². The van der Waals surface area contributed by atoms with Crippen molar-refractivity contribution in [3.05, 3.63) is 40.9 Å². The zero-order valence-electron chi connectivity index (χ0n) is 10.2. The van der Waals surface area contributed by atoms with Crippen LogP contribution in [0.5, 0.6) is 0 Å². The molecule has 0 aliphatic heterocycles. The summed E-state index contributed by atoms with van der Waals surface area (Å²) >= 11 is 5.96. The Balaban J connectivity index is 2.37. The van der Waals surface area contributed by atoms with Crippen LogP contribution in [0.1, 0.15) is 12.5 Å². The van der Waals surface area contributed by atoms with E-state index in [-0.39, 0.29) is 5.02 Å². The zero-order valence-corrected chi connectivity index (χ0v) is 11.0. The Hall–Kier alpha value is -1.92. The van der Waals surface area contributed by atoms with Crippen LogP contribution < -0.4 is 16.6 Å². The van der Waals surface area contributed by atoms with Gasteiger partial charge in [0.05, 0.1) is 10.7 Å². The highest BCUT2D eigenvalue weighted by atomic mass is 35.5. The van der Waals surface area contributed by atoms with Crippen LogP contribution in [0.4, 0.5) is 21.7 Å². The van der Waals surface area contributed by atoms with Crippen LogP contribution in [0.2, 0.25) is 5.02 Å². The molecular formula is C12H13ClFN5. The van der Waals surface area contributed by atoms with Gasteiger partial charge in [0.1, 0.15) is 23.8 Å². The average Bonchev–Trinajstić information content (AvgIpc) is 2.41. The minimum atomic E-state index is -0.390. The van der Waals surface area contributed by atoms with Crippen LogP contribution in [0.25, 0.3) is 0 Å². The van der Waals surface area contributed by atoms with E-state index in [0.717, 1.165) is 5.56 Å². The number of hydrogen-bond acceptors (Lipinski definition) is 5. The molecule has 0 bridgehead atoms. The number of benzene rings is 1. The van der Waals surface area contributed by atoms with Crippen molar-refractivity contribution in [2.24, 2.45) is 5.84 Å². The second-order valence-corrected chi connectivity index (χ2v) is 4.20. The SMILES string of the molecule is CCc1c(NN)ncnc1Nc1ccc(F)cc1Cl. The molecule has 0 radical (unpaired) electrons. The summed E-state index contributed by atoms with van der Waals surface area (Å²) in [7, 11) is 0. The topological polar surface area (TPSA) is 75.9 Å². The summed E-state index contributed by atoms with van der Waals surface area (Å²) in [6.45, 7) is 1.96. The Kier molecular flexibility index (Phi) is 4.13. The predicted molar refractivity (Wildman–Crippen MR) is 73.9 cm³/mol. The maximum atomic E-state index is 13.0. The van der Waals surface area contributed by atoms with Crippen molar-refractivity contribution in [1.29, 1.82) is 0 Å². The van der Waals surface area contributed by atoms with E-state index in [2.05, 4.69) is 20.7 Å². The molecule has 100 valence electrons. The molecule has 0 spiro atoms. The zero-order chi connectivity index (χ0) is 13.8. The van der Waals surface area contributed by atoms with E-state index >= 15 is 0 Å². The lowest BCUT2D eigenvalue weighted by Crippen LogP contribution is -2.13.